The van der Waals surface area contributed by atoms with Crippen molar-refractivity contribution in [1.82, 2.24) is 4.90 Å². The molecule has 1 unspecified atom stereocenters. The fraction of sp³-hybridized carbons (Fsp3) is 0.625. The maximum absolute atomic E-state index is 6.10. The first kappa shape index (κ1) is 18.6. The van der Waals surface area contributed by atoms with Gasteiger partial charge in [-0.15, -0.1) is 0 Å². The van der Waals surface area contributed by atoms with Crippen LogP contribution in [0.4, 0.5) is 0 Å². The van der Waals surface area contributed by atoms with Gasteiger partial charge in [-0.05, 0) is 31.0 Å². The quantitative estimate of drug-likeness (QED) is 0.697. The topological polar surface area (TPSA) is 47.7 Å². The van der Waals surface area contributed by atoms with Crippen molar-refractivity contribution in [1.29, 1.82) is 0 Å². The predicted octanol–water partition coefficient (Wildman–Crippen LogP) is 2.30. The van der Waals surface area contributed by atoms with E-state index in [-0.39, 0.29) is 5.54 Å². The smallest absolute Gasteiger partial charge is 0.0589 e. The number of hydrogen-bond acceptors (Lipinski definition) is 4. The van der Waals surface area contributed by atoms with Crippen LogP contribution in [0.15, 0.2) is 28.7 Å². The first-order valence-corrected chi connectivity index (χ1v) is 8.02. The van der Waals surface area contributed by atoms with Crippen molar-refractivity contribution in [2.45, 2.75) is 18.9 Å². The Morgan fingerprint density at radius 3 is 2.05 bits per heavy atom. The number of halogens is 1. The Morgan fingerprint density at radius 1 is 1.10 bits per heavy atom. The predicted molar refractivity (Wildman–Crippen MR) is 90.6 cm³/mol. The summed E-state index contributed by atoms with van der Waals surface area (Å²) in [5.74, 6) is 0. The van der Waals surface area contributed by atoms with Gasteiger partial charge in [0.25, 0.3) is 0 Å². The molecule has 0 aliphatic carbocycles. The van der Waals surface area contributed by atoms with Crippen LogP contribution >= 0.6 is 15.9 Å². The molecule has 0 fully saturated rings. The fourth-order valence-electron chi connectivity index (χ4n) is 2.41. The summed E-state index contributed by atoms with van der Waals surface area (Å²) in [7, 11) is 3.45. The minimum Gasteiger partial charge on any atom is -0.383 e. The Morgan fingerprint density at radius 2 is 1.62 bits per heavy atom. The third-order valence-corrected chi connectivity index (χ3v) is 4.36. The number of hydrogen-bond donors (Lipinski definition) is 1. The third-order valence-electron chi connectivity index (χ3n) is 3.83. The van der Waals surface area contributed by atoms with Crippen LogP contribution < -0.4 is 5.73 Å². The Balaban J connectivity index is 2.82. The molecule has 0 aliphatic heterocycles. The minimum absolute atomic E-state index is 0.106. The lowest BCUT2D eigenvalue weighted by atomic mass is 9.90. The SMILES string of the molecule is COCCN(CCOC)C(C)(CN)Cc1ccc(Br)cc1. The van der Waals surface area contributed by atoms with E-state index < -0.39 is 0 Å². The highest BCUT2D eigenvalue weighted by Crippen LogP contribution is 2.21. The molecule has 21 heavy (non-hydrogen) atoms. The van der Waals surface area contributed by atoms with Gasteiger partial charge in [0.1, 0.15) is 0 Å². The number of rotatable bonds is 10. The molecule has 0 spiro atoms. The van der Waals surface area contributed by atoms with Crippen molar-refractivity contribution < 1.29 is 9.47 Å². The van der Waals surface area contributed by atoms with Crippen LogP contribution in [0.2, 0.25) is 0 Å². The Bertz CT molecular complexity index is 392. The normalized spacial score (nSPS) is 14.4. The van der Waals surface area contributed by atoms with E-state index in [0.717, 1.165) is 24.0 Å². The van der Waals surface area contributed by atoms with E-state index in [4.69, 9.17) is 15.2 Å². The molecule has 120 valence electrons. The summed E-state index contributed by atoms with van der Waals surface area (Å²) in [5.41, 5.74) is 7.27. The van der Waals surface area contributed by atoms with Gasteiger partial charge < -0.3 is 15.2 Å². The summed E-state index contributed by atoms with van der Waals surface area (Å²) >= 11 is 3.47. The molecule has 5 heteroatoms. The largest absolute Gasteiger partial charge is 0.383 e. The summed E-state index contributed by atoms with van der Waals surface area (Å²) in [5, 5.41) is 0. The zero-order chi connectivity index (χ0) is 15.7. The van der Waals surface area contributed by atoms with E-state index in [0.29, 0.717) is 19.8 Å². The lowest BCUT2D eigenvalue weighted by Crippen LogP contribution is -2.55. The summed E-state index contributed by atoms with van der Waals surface area (Å²) in [6.07, 6.45) is 0.907. The number of benzene rings is 1. The molecule has 0 bridgehead atoms. The first-order valence-electron chi connectivity index (χ1n) is 7.23. The molecule has 0 aliphatic rings. The number of nitrogens with zero attached hydrogens (tertiary/aromatic N) is 1. The molecular formula is C16H27BrN2O2. The van der Waals surface area contributed by atoms with E-state index in [1.165, 1.54) is 5.56 Å². The highest BCUT2D eigenvalue weighted by Gasteiger charge is 2.30. The van der Waals surface area contributed by atoms with Gasteiger partial charge in [0.05, 0.1) is 13.2 Å². The molecule has 4 nitrogen and oxygen atoms in total. The van der Waals surface area contributed by atoms with E-state index in [1.807, 2.05) is 0 Å². The average molecular weight is 359 g/mol. The van der Waals surface area contributed by atoms with Gasteiger partial charge in [-0.3, -0.25) is 4.90 Å². The molecule has 1 rings (SSSR count). The van der Waals surface area contributed by atoms with Crippen LogP contribution in [0.1, 0.15) is 12.5 Å². The van der Waals surface area contributed by atoms with Crippen molar-refractivity contribution >= 4 is 15.9 Å². The lowest BCUT2D eigenvalue weighted by molar-refractivity contribution is 0.0461. The zero-order valence-electron chi connectivity index (χ0n) is 13.3. The Kier molecular flexibility index (Phi) is 8.44. The van der Waals surface area contributed by atoms with Gasteiger partial charge in [-0.25, -0.2) is 0 Å². The van der Waals surface area contributed by atoms with Crippen molar-refractivity contribution in [3.63, 3.8) is 0 Å². The highest BCUT2D eigenvalue weighted by molar-refractivity contribution is 9.10. The van der Waals surface area contributed by atoms with Gasteiger partial charge in [-0.2, -0.15) is 0 Å². The van der Waals surface area contributed by atoms with E-state index in [2.05, 4.69) is 52.0 Å². The lowest BCUT2D eigenvalue weighted by Gasteiger charge is -2.41. The van der Waals surface area contributed by atoms with Crippen LogP contribution in [0.5, 0.6) is 0 Å². The van der Waals surface area contributed by atoms with Gasteiger partial charge in [0.15, 0.2) is 0 Å². The Labute approximate surface area is 136 Å². The highest BCUT2D eigenvalue weighted by atomic mass is 79.9. The van der Waals surface area contributed by atoms with E-state index >= 15 is 0 Å². The molecule has 0 radical (unpaired) electrons. The van der Waals surface area contributed by atoms with Crippen LogP contribution in [0.25, 0.3) is 0 Å². The summed E-state index contributed by atoms with van der Waals surface area (Å²) in [6.45, 7) is 5.89. The molecular weight excluding hydrogens is 332 g/mol. The minimum atomic E-state index is -0.106. The standard InChI is InChI=1S/C16H27BrN2O2/c1-16(13-18,12-14-4-6-15(17)7-5-14)19(8-10-20-2)9-11-21-3/h4-7H,8-13,18H2,1-3H3. The molecule has 1 aromatic rings. The monoisotopic (exact) mass is 358 g/mol. The summed E-state index contributed by atoms with van der Waals surface area (Å²) in [6, 6.07) is 8.42. The summed E-state index contributed by atoms with van der Waals surface area (Å²) < 4.78 is 11.6. The van der Waals surface area contributed by atoms with Gasteiger partial charge in [0, 0.05) is 43.9 Å². The van der Waals surface area contributed by atoms with Crippen LogP contribution in [-0.4, -0.2) is 57.5 Å². The molecule has 1 atom stereocenters. The first-order chi connectivity index (χ1) is 10.1. The molecule has 0 heterocycles. The molecule has 0 amide bonds. The average Bonchev–Trinajstić information content (AvgIpc) is 2.49. The van der Waals surface area contributed by atoms with Crippen molar-refractivity contribution in [2.75, 3.05) is 47.1 Å². The third kappa shape index (κ3) is 6.04. The maximum atomic E-state index is 6.10. The summed E-state index contributed by atoms with van der Waals surface area (Å²) in [4.78, 5) is 2.36. The second kappa shape index (κ2) is 9.54. The van der Waals surface area contributed by atoms with E-state index in [1.54, 1.807) is 14.2 Å². The Hall–Kier alpha value is -0.460. The molecule has 0 aromatic heterocycles. The molecule has 2 N–H and O–H groups in total. The second-order valence-corrected chi connectivity index (χ2v) is 6.39. The van der Waals surface area contributed by atoms with E-state index in [9.17, 15) is 0 Å². The second-order valence-electron chi connectivity index (χ2n) is 5.48. The van der Waals surface area contributed by atoms with Gasteiger partial charge in [-0.1, -0.05) is 28.1 Å². The number of nitrogens with two attached hydrogens (primary N) is 1. The van der Waals surface area contributed by atoms with Crippen molar-refractivity contribution in [2.24, 2.45) is 5.73 Å². The van der Waals surface area contributed by atoms with Crippen LogP contribution in [0, 0.1) is 0 Å². The van der Waals surface area contributed by atoms with Gasteiger partial charge in [0.2, 0.25) is 0 Å². The van der Waals surface area contributed by atoms with Crippen LogP contribution in [0.3, 0.4) is 0 Å². The zero-order valence-corrected chi connectivity index (χ0v) is 14.9. The van der Waals surface area contributed by atoms with Gasteiger partial charge >= 0.3 is 0 Å². The van der Waals surface area contributed by atoms with Crippen LogP contribution in [-0.2, 0) is 15.9 Å². The van der Waals surface area contributed by atoms with Crippen molar-refractivity contribution in [3.8, 4) is 0 Å². The molecule has 0 saturated carbocycles. The molecule has 1 aromatic carbocycles. The number of ether oxygens (including phenoxy) is 2. The molecule has 0 saturated heterocycles. The maximum Gasteiger partial charge on any atom is 0.0589 e. The fourth-order valence-corrected chi connectivity index (χ4v) is 2.67. The van der Waals surface area contributed by atoms with Crippen molar-refractivity contribution in [3.05, 3.63) is 34.3 Å². The number of methoxy groups -OCH3 is 2.